The molecule has 1 heterocycles. The minimum Gasteiger partial charge on any atom is -0.311 e. The van der Waals surface area contributed by atoms with Gasteiger partial charge < -0.3 is 4.90 Å². The van der Waals surface area contributed by atoms with E-state index in [0.29, 0.717) is 13.1 Å². The van der Waals surface area contributed by atoms with Gasteiger partial charge in [0.05, 0.1) is 0 Å². The number of amides is 2. The van der Waals surface area contributed by atoms with Gasteiger partial charge in [-0.15, -0.1) is 0 Å². The van der Waals surface area contributed by atoms with Crippen molar-refractivity contribution in [1.82, 2.24) is 9.80 Å². The second-order valence-electron chi connectivity index (χ2n) is 8.54. The zero-order valence-corrected chi connectivity index (χ0v) is 21.3. The quantitative estimate of drug-likeness (QED) is 0.240. The van der Waals surface area contributed by atoms with Crippen molar-refractivity contribution in [3.05, 3.63) is 95.1 Å². The Kier molecular flexibility index (Phi) is 7.12. The maximum absolute atomic E-state index is 13.0. The van der Waals surface area contributed by atoms with E-state index in [4.69, 9.17) is 12.2 Å². The van der Waals surface area contributed by atoms with Crippen LogP contribution in [0.15, 0.2) is 78.4 Å². The van der Waals surface area contributed by atoms with E-state index in [1.54, 1.807) is 6.08 Å². The largest absolute Gasteiger partial charge is 0.311 e. The predicted octanol–water partition coefficient (Wildman–Crippen LogP) is 6.15. The Morgan fingerprint density at radius 1 is 0.686 bits per heavy atom. The normalized spacial score (nSPS) is 13.9. The summed E-state index contributed by atoms with van der Waals surface area (Å²) in [6.45, 7) is 8.68. The molecule has 0 radical (unpaired) electrons. The number of carbonyl (C=O) groups is 2. The highest BCUT2D eigenvalue weighted by molar-refractivity contribution is 7.80. The van der Waals surface area contributed by atoms with Crippen molar-refractivity contribution in [1.29, 1.82) is 0 Å². The Labute approximate surface area is 212 Å². The van der Waals surface area contributed by atoms with Gasteiger partial charge in [-0.25, -0.2) is 0 Å². The molecular weight excluding hydrogens is 454 g/mol. The van der Waals surface area contributed by atoms with Crippen LogP contribution in [0.4, 0.5) is 17.1 Å². The fourth-order valence-electron chi connectivity index (χ4n) is 4.10. The van der Waals surface area contributed by atoms with Gasteiger partial charge in [-0.1, -0.05) is 47.5 Å². The first-order valence-electron chi connectivity index (χ1n) is 11.8. The Balaban J connectivity index is 1.71. The second-order valence-corrected chi connectivity index (χ2v) is 8.90. The smallest absolute Gasteiger partial charge is 0.265 e. The maximum Gasteiger partial charge on any atom is 0.265 e. The number of likely N-dealkylation sites (N-methyl/N-ethyl adjacent to an activating group) is 2. The van der Waals surface area contributed by atoms with Gasteiger partial charge in [0.15, 0.2) is 5.11 Å². The molecule has 0 unspecified atom stereocenters. The Hall–Kier alpha value is -3.77. The summed E-state index contributed by atoms with van der Waals surface area (Å²) in [4.78, 5) is 31.0. The molecule has 1 fully saturated rings. The first-order chi connectivity index (χ1) is 16.8. The molecule has 0 aliphatic carbocycles. The lowest BCUT2D eigenvalue weighted by Gasteiger charge is -2.35. The van der Waals surface area contributed by atoms with Gasteiger partial charge in [-0.2, -0.15) is 0 Å². The van der Waals surface area contributed by atoms with Crippen LogP contribution in [-0.2, 0) is 9.59 Å². The van der Waals surface area contributed by atoms with Crippen LogP contribution in [0.5, 0.6) is 0 Å². The molecule has 2 amide bonds. The minimum absolute atomic E-state index is 0.129. The number of rotatable bonds is 6. The molecule has 0 aromatic heterocycles. The van der Waals surface area contributed by atoms with Gasteiger partial charge >= 0.3 is 0 Å². The molecule has 0 saturated carbocycles. The highest BCUT2D eigenvalue weighted by Gasteiger charge is 2.37. The fraction of sp³-hybridized carbons (Fsp3) is 0.207. The van der Waals surface area contributed by atoms with Gasteiger partial charge in [-0.05, 0) is 88.0 Å². The number of thiocarbonyl (C=S) groups is 1. The summed E-state index contributed by atoms with van der Waals surface area (Å²) >= 11 is 5.35. The van der Waals surface area contributed by atoms with Crippen LogP contribution < -0.4 is 4.90 Å². The molecule has 6 heteroatoms. The van der Waals surface area contributed by atoms with Gasteiger partial charge in [0.25, 0.3) is 11.8 Å². The van der Waals surface area contributed by atoms with E-state index in [2.05, 4.69) is 67.3 Å². The molecular formula is C29H29N3O2S. The number of aryl methyl sites for hydroxylation is 2. The van der Waals surface area contributed by atoms with E-state index in [0.717, 1.165) is 22.6 Å². The minimum atomic E-state index is -0.350. The molecule has 5 nitrogen and oxygen atoms in total. The summed E-state index contributed by atoms with van der Waals surface area (Å²) in [6.07, 6.45) is 1.66. The Morgan fingerprint density at radius 2 is 1.06 bits per heavy atom. The van der Waals surface area contributed by atoms with Crippen LogP contribution in [0.2, 0.25) is 0 Å². The molecule has 4 rings (SSSR count). The molecule has 178 valence electrons. The van der Waals surface area contributed by atoms with Crippen molar-refractivity contribution in [2.24, 2.45) is 0 Å². The number of carbonyl (C=O) groups excluding carboxylic acids is 2. The summed E-state index contributed by atoms with van der Waals surface area (Å²) in [5.41, 5.74) is 6.38. The maximum atomic E-state index is 13.0. The highest BCUT2D eigenvalue weighted by atomic mass is 32.1. The van der Waals surface area contributed by atoms with Gasteiger partial charge in [0.2, 0.25) is 0 Å². The fourth-order valence-corrected chi connectivity index (χ4v) is 4.53. The van der Waals surface area contributed by atoms with E-state index in [-0.39, 0.29) is 22.5 Å². The molecule has 3 aromatic rings. The average molecular weight is 484 g/mol. The third-order valence-corrected chi connectivity index (χ3v) is 6.53. The molecule has 0 atom stereocenters. The molecule has 0 bridgehead atoms. The average Bonchev–Trinajstić information content (AvgIpc) is 2.86. The molecule has 3 aromatic carbocycles. The van der Waals surface area contributed by atoms with Crippen LogP contribution in [0, 0.1) is 13.8 Å². The first-order valence-corrected chi connectivity index (χ1v) is 12.2. The van der Waals surface area contributed by atoms with Crippen molar-refractivity contribution in [3.8, 4) is 0 Å². The summed E-state index contributed by atoms with van der Waals surface area (Å²) in [5, 5.41) is 0.268. The number of hydrogen-bond acceptors (Lipinski definition) is 4. The number of hydrogen-bond donors (Lipinski definition) is 0. The van der Waals surface area contributed by atoms with Crippen molar-refractivity contribution in [2.75, 3.05) is 18.0 Å². The van der Waals surface area contributed by atoms with Gasteiger partial charge in [0, 0.05) is 30.2 Å². The molecule has 35 heavy (non-hydrogen) atoms. The first kappa shape index (κ1) is 24.4. The second kappa shape index (κ2) is 10.2. The van der Waals surface area contributed by atoms with Crippen LogP contribution in [0.1, 0.15) is 30.5 Å². The molecule has 1 aliphatic heterocycles. The van der Waals surface area contributed by atoms with Crippen molar-refractivity contribution >= 4 is 52.3 Å². The SMILES string of the molecule is CCN1C(=O)C(=Cc2ccc(N(c3ccc(C)cc3)c3ccc(C)cc3)cc2)C(=O)N(CC)C1=S. The van der Waals surface area contributed by atoms with E-state index in [1.807, 2.05) is 38.1 Å². The summed E-state index contributed by atoms with van der Waals surface area (Å²) in [7, 11) is 0. The van der Waals surface area contributed by atoms with E-state index < -0.39 is 0 Å². The van der Waals surface area contributed by atoms with Crippen LogP contribution in [0.3, 0.4) is 0 Å². The van der Waals surface area contributed by atoms with Crippen molar-refractivity contribution in [2.45, 2.75) is 27.7 Å². The summed E-state index contributed by atoms with van der Waals surface area (Å²) in [5.74, 6) is -0.700. The molecule has 0 spiro atoms. The third-order valence-electron chi connectivity index (χ3n) is 6.09. The molecule has 1 saturated heterocycles. The Bertz CT molecular complexity index is 1210. The third kappa shape index (κ3) is 4.88. The van der Waals surface area contributed by atoms with Crippen molar-refractivity contribution in [3.63, 3.8) is 0 Å². The summed E-state index contributed by atoms with van der Waals surface area (Å²) < 4.78 is 0. The van der Waals surface area contributed by atoms with Gasteiger partial charge in [-0.3, -0.25) is 19.4 Å². The molecule has 1 aliphatic rings. The van der Waals surface area contributed by atoms with Gasteiger partial charge in [0.1, 0.15) is 5.57 Å². The Morgan fingerprint density at radius 3 is 1.43 bits per heavy atom. The van der Waals surface area contributed by atoms with E-state index in [1.165, 1.54) is 20.9 Å². The summed E-state index contributed by atoms with van der Waals surface area (Å²) in [6, 6.07) is 24.7. The lowest BCUT2D eigenvalue weighted by molar-refractivity contribution is -0.133. The zero-order valence-electron chi connectivity index (χ0n) is 20.5. The lowest BCUT2D eigenvalue weighted by atomic mass is 10.1. The number of nitrogens with zero attached hydrogens (tertiary/aromatic N) is 3. The predicted molar refractivity (Wildman–Crippen MR) is 146 cm³/mol. The van der Waals surface area contributed by atoms with E-state index >= 15 is 0 Å². The highest BCUT2D eigenvalue weighted by Crippen LogP contribution is 2.35. The number of benzene rings is 3. The van der Waals surface area contributed by atoms with E-state index in [9.17, 15) is 9.59 Å². The van der Waals surface area contributed by atoms with Crippen LogP contribution in [-0.4, -0.2) is 39.8 Å². The zero-order chi connectivity index (χ0) is 25.1. The standard InChI is InChI=1S/C29H29N3O2S/c1-5-30-27(33)26(28(34)31(6-2)29(30)35)19-22-11-17-25(18-12-22)32(23-13-7-20(3)8-14-23)24-15-9-21(4)10-16-24/h7-19H,5-6H2,1-4H3. The topological polar surface area (TPSA) is 43.9 Å². The lowest BCUT2D eigenvalue weighted by Crippen LogP contribution is -2.55. The van der Waals surface area contributed by atoms with Crippen molar-refractivity contribution < 1.29 is 9.59 Å². The van der Waals surface area contributed by atoms with Crippen LogP contribution >= 0.6 is 12.2 Å². The number of anilines is 3. The monoisotopic (exact) mass is 483 g/mol. The van der Waals surface area contributed by atoms with Crippen LogP contribution in [0.25, 0.3) is 6.08 Å². The molecule has 0 N–H and O–H groups in total.